The van der Waals surface area contributed by atoms with E-state index in [-0.39, 0.29) is 17.5 Å². The molecule has 1 aliphatic rings. The van der Waals surface area contributed by atoms with E-state index in [9.17, 15) is 13.2 Å². The fourth-order valence-corrected chi connectivity index (χ4v) is 2.66. The van der Waals surface area contributed by atoms with Gasteiger partial charge in [-0.3, -0.25) is 9.69 Å². The van der Waals surface area contributed by atoms with Crippen molar-refractivity contribution in [1.82, 2.24) is 14.5 Å². The molecule has 19 heavy (non-hydrogen) atoms. The van der Waals surface area contributed by atoms with Gasteiger partial charge in [-0.25, -0.2) is 5.14 Å². The fraction of sp³-hybridized carbons (Fsp3) is 0.909. The van der Waals surface area contributed by atoms with E-state index in [1.165, 1.54) is 4.31 Å². The van der Waals surface area contributed by atoms with Crippen LogP contribution >= 0.6 is 0 Å². The zero-order chi connectivity index (χ0) is 14.8. The molecule has 1 heterocycles. The summed E-state index contributed by atoms with van der Waals surface area (Å²) < 4.78 is 23.6. The van der Waals surface area contributed by atoms with Gasteiger partial charge in [0.2, 0.25) is 5.91 Å². The number of nitrogens with zero attached hydrogens (tertiary/aromatic N) is 2. The highest BCUT2D eigenvalue weighted by atomic mass is 32.2. The number of rotatable bonds is 3. The van der Waals surface area contributed by atoms with E-state index < -0.39 is 10.2 Å². The maximum atomic E-state index is 12.0. The molecule has 8 heteroatoms. The summed E-state index contributed by atoms with van der Waals surface area (Å²) in [4.78, 5) is 14.0. The lowest BCUT2D eigenvalue weighted by Crippen LogP contribution is -2.57. The van der Waals surface area contributed by atoms with Crippen molar-refractivity contribution in [1.29, 1.82) is 0 Å². The maximum Gasteiger partial charge on any atom is 0.276 e. The van der Waals surface area contributed by atoms with Gasteiger partial charge >= 0.3 is 0 Å². The lowest BCUT2D eigenvalue weighted by Gasteiger charge is -2.36. The van der Waals surface area contributed by atoms with E-state index in [1.54, 1.807) is 0 Å². The van der Waals surface area contributed by atoms with Crippen molar-refractivity contribution in [3.63, 3.8) is 0 Å². The Bertz CT molecular complexity index is 422. The SMILES string of the molecule is CC(C(=O)NC(C)(C)C)N1CCN(S(N)(=O)=O)CC1. The summed E-state index contributed by atoms with van der Waals surface area (Å²) in [7, 11) is -3.62. The van der Waals surface area contributed by atoms with Gasteiger partial charge in [-0.1, -0.05) is 0 Å². The molecule has 0 aliphatic carbocycles. The molecule has 7 nitrogen and oxygen atoms in total. The van der Waals surface area contributed by atoms with Crippen LogP contribution in [0.15, 0.2) is 0 Å². The number of hydrogen-bond acceptors (Lipinski definition) is 4. The summed E-state index contributed by atoms with van der Waals surface area (Å²) in [5.41, 5.74) is -0.270. The number of nitrogens with one attached hydrogen (secondary N) is 1. The van der Waals surface area contributed by atoms with Gasteiger partial charge in [0.05, 0.1) is 6.04 Å². The third kappa shape index (κ3) is 5.06. The summed E-state index contributed by atoms with van der Waals surface area (Å²) >= 11 is 0. The molecule has 0 spiro atoms. The fourth-order valence-electron chi connectivity index (χ4n) is 1.99. The first kappa shape index (κ1) is 16.4. The van der Waals surface area contributed by atoms with E-state index in [0.717, 1.165) is 0 Å². The number of nitrogens with two attached hydrogens (primary N) is 1. The Kier molecular flexibility index (Phi) is 4.94. The van der Waals surface area contributed by atoms with Crippen LogP contribution in [0.25, 0.3) is 0 Å². The first-order chi connectivity index (χ1) is 8.50. The average molecular weight is 292 g/mol. The summed E-state index contributed by atoms with van der Waals surface area (Å²) in [5.74, 6) is -0.0449. The summed E-state index contributed by atoms with van der Waals surface area (Å²) in [6, 6.07) is -0.276. The number of hydrogen-bond donors (Lipinski definition) is 2. The van der Waals surface area contributed by atoms with Crippen LogP contribution in [0, 0.1) is 0 Å². The van der Waals surface area contributed by atoms with Crippen LogP contribution < -0.4 is 10.5 Å². The molecule has 0 aromatic carbocycles. The Labute approximate surface area is 115 Å². The van der Waals surface area contributed by atoms with E-state index in [2.05, 4.69) is 5.32 Å². The zero-order valence-electron chi connectivity index (χ0n) is 12.0. The molecule has 1 saturated heterocycles. The molecule has 0 aromatic rings. The highest BCUT2D eigenvalue weighted by Gasteiger charge is 2.30. The second-order valence-corrected chi connectivity index (χ2v) is 7.44. The Balaban J connectivity index is 2.54. The lowest BCUT2D eigenvalue weighted by atomic mass is 10.1. The molecule has 0 radical (unpaired) electrons. The summed E-state index contributed by atoms with van der Waals surface area (Å²) in [6.45, 7) is 9.28. The van der Waals surface area contributed by atoms with E-state index in [0.29, 0.717) is 26.2 Å². The van der Waals surface area contributed by atoms with Gasteiger partial charge in [0.1, 0.15) is 0 Å². The molecule has 0 aromatic heterocycles. The lowest BCUT2D eigenvalue weighted by molar-refractivity contribution is -0.127. The predicted molar refractivity (Wildman–Crippen MR) is 73.6 cm³/mol. The minimum absolute atomic E-state index is 0.0449. The standard InChI is InChI=1S/C11H24N4O3S/c1-9(10(16)13-11(2,3)4)14-5-7-15(8-6-14)19(12,17)18/h9H,5-8H2,1-4H3,(H,13,16)(H2,12,17,18). The van der Waals surface area contributed by atoms with Crippen molar-refractivity contribution < 1.29 is 13.2 Å². The van der Waals surface area contributed by atoms with Gasteiger partial charge in [-0.05, 0) is 27.7 Å². The molecular formula is C11H24N4O3S. The van der Waals surface area contributed by atoms with Crippen molar-refractivity contribution in [2.75, 3.05) is 26.2 Å². The molecule has 1 amide bonds. The monoisotopic (exact) mass is 292 g/mol. The first-order valence-corrected chi connectivity index (χ1v) is 7.85. The third-order valence-electron chi connectivity index (χ3n) is 3.06. The zero-order valence-corrected chi connectivity index (χ0v) is 12.8. The van der Waals surface area contributed by atoms with Gasteiger partial charge in [-0.15, -0.1) is 0 Å². The molecular weight excluding hydrogens is 268 g/mol. The van der Waals surface area contributed by atoms with Gasteiger partial charge in [0, 0.05) is 31.7 Å². The van der Waals surface area contributed by atoms with Crippen LogP contribution in [-0.4, -0.2) is 61.3 Å². The van der Waals surface area contributed by atoms with E-state index >= 15 is 0 Å². The molecule has 112 valence electrons. The minimum atomic E-state index is -3.62. The van der Waals surface area contributed by atoms with Crippen molar-refractivity contribution in [3.05, 3.63) is 0 Å². The normalized spacial score (nSPS) is 21.1. The maximum absolute atomic E-state index is 12.0. The molecule has 1 unspecified atom stereocenters. The van der Waals surface area contributed by atoms with Crippen LogP contribution in [0.5, 0.6) is 0 Å². The molecule has 0 saturated carbocycles. The molecule has 1 fully saturated rings. The van der Waals surface area contributed by atoms with Crippen molar-refractivity contribution in [3.8, 4) is 0 Å². The number of carbonyl (C=O) groups is 1. The Morgan fingerprint density at radius 1 is 1.21 bits per heavy atom. The second kappa shape index (κ2) is 5.74. The highest BCUT2D eigenvalue weighted by molar-refractivity contribution is 7.86. The Hall–Kier alpha value is -0.700. The van der Waals surface area contributed by atoms with Crippen molar-refractivity contribution >= 4 is 16.1 Å². The van der Waals surface area contributed by atoms with Crippen LogP contribution in [0.1, 0.15) is 27.7 Å². The van der Waals surface area contributed by atoms with Gasteiger partial charge in [0.15, 0.2) is 0 Å². The van der Waals surface area contributed by atoms with Crippen LogP contribution in [0.2, 0.25) is 0 Å². The molecule has 0 bridgehead atoms. The Morgan fingerprint density at radius 3 is 2.05 bits per heavy atom. The predicted octanol–water partition coefficient (Wildman–Crippen LogP) is -0.889. The smallest absolute Gasteiger partial charge is 0.276 e. The number of carbonyl (C=O) groups excluding carboxylic acids is 1. The van der Waals surface area contributed by atoms with Gasteiger partial charge in [0.25, 0.3) is 10.2 Å². The molecule has 1 rings (SSSR count). The largest absolute Gasteiger partial charge is 0.350 e. The first-order valence-electron chi connectivity index (χ1n) is 6.34. The molecule has 1 aliphatic heterocycles. The number of piperazine rings is 1. The summed E-state index contributed by atoms with van der Waals surface area (Å²) in [5, 5.41) is 8.00. The van der Waals surface area contributed by atoms with Crippen molar-refractivity contribution in [2.24, 2.45) is 5.14 Å². The molecule has 1 atom stereocenters. The minimum Gasteiger partial charge on any atom is -0.350 e. The van der Waals surface area contributed by atoms with Crippen LogP contribution in [0.3, 0.4) is 0 Å². The Morgan fingerprint density at radius 2 is 1.68 bits per heavy atom. The average Bonchev–Trinajstić information content (AvgIpc) is 2.24. The van der Waals surface area contributed by atoms with Crippen molar-refractivity contribution in [2.45, 2.75) is 39.3 Å². The highest BCUT2D eigenvalue weighted by Crippen LogP contribution is 2.09. The van der Waals surface area contributed by atoms with E-state index in [1.807, 2.05) is 32.6 Å². The quantitative estimate of drug-likeness (QED) is 0.705. The number of amides is 1. The molecule has 3 N–H and O–H groups in total. The second-order valence-electron chi connectivity index (χ2n) is 5.90. The van der Waals surface area contributed by atoms with Crippen LogP contribution in [-0.2, 0) is 15.0 Å². The van der Waals surface area contributed by atoms with Gasteiger partial charge in [-0.2, -0.15) is 12.7 Å². The van der Waals surface area contributed by atoms with E-state index in [4.69, 9.17) is 5.14 Å². The van der Waals surface area contributed by atoms with Gasteiger partial charge < -0.3 is 5.32 Å². The topological polar surface area (TPSA) is 95.7 Å². The third-order valence-corrected chi connectivity index (χ3v) is 4.14. The summed E-state index contributed by atoms with van der Waals surface area (Å²) in [6.07, 6.45) is 0. The van der Waals surface area contributed by atoms with Crippen LogP contribution in [0.4, 0.5) is 0 Å².